The van der Waals surface area contributed by atoms with Gasteiger partial charge in [-0.3, -0.25) is 6.07 Å². The summed E-state index contributed by atoms with van der Waals surface area (Å²) in [4.78, 5) is 4.35. The quantitative estimate of drug-likeness (QED) is 0.718. The minimum atomic E-state index is 0. The summed E-state index contributed by atoms with van der Waals surface area (Å²) in [6, 6.07) is 6.83. The minimum absolute atomic E-state index is 0. The van der Waals surface area contributed by atoms with E-state index in [4.69, 9.17) is 6.58 Å². The molecule has 1 aromatic rings. The Bertz CT molecular complexity index is 292. The van der Waals surface area contributed by atoms with E-state index in [1.165, 1.54) is 0 Å². The summed E-state index contributed by atoms with van der Waals surface area (Å²) in [5.41, 5.74) is 2.55. The van der Waals surface area contributed by atoms with Gasteiger partial charge in [-0.15, -0.1) is 13.0 Å². The van der Waals surface area contributed by atoms with Crippen LogP contribution in [-0.2, 0) is 21.1 Å². The van der Waals surface area contributed by atoms with E-state index in [9.17, 15) is 0 Å². The number of hydrogen-bond donors (Lipinski definition) is 0. The van der Waals surface area contributed by atoms with Crippen molar-refractivity contribution in [3.63, 3.8) is 0 Å². The molecule has 0 unspecified atom stereocenters. The Kier molecular flexibility index (Phi) is 10.0. The SMILES string of the molecule is CC.[CH-]=C(C)c1[c-]ccc(C(C)C)n1.[W+2]. The average molecular weight is 373 g/mol. The molecule has 0 fully saturated rings. The number of nitrogens with zero attached hydrogens (tertiary/aromatic N) is 1. The summed E-state index contributed by atoms with van der Waals surface area (Å²) in [5, 5.41) is 0. The monoisotopic (exact) mass is 373 g/mol. The fourth-order valence-corrected chi connectivity index (χ4v) is 0.928. The molecule has 82 valence electrons. The summed E-state index contributed by atoms with van der Waals surface area (Å²) < 4.78 is 0. The van der Waals surface area contributed by atoms with Crippen LogP contribution in [0.5, 0.6) is 0 Å². The summed E-state index contributed by atoms with van der Waals surface area (Å²) >= 11 is 0. The van der Waals surface area contributed by atoms with Crippen molar-refractivity contribution >= 4 is 5.57 Å². The smallest absolute Gasteiger partial charge is 0.386 e. The number of rotatable bonds is 2. The van der Waals surface area contributed by atoms with Gasteiger partial charge < -0.3 is 17.1 Å². The van der Waals surface area contributed by atoms with Gasteiger partial charge in [-0.05, 0) is 11.6 Å². The molecule has 15 heavy (non-hydrogen) atoms. The van der Waals surface area contributed by atoms with Gasteiger partial charge in [-0.1, -0.05) is 27.7 Å². The Morgan fingerprint density at radius 1 is 1.40 bits per heavy atom. The Hall–Kier alpha value is -0.422. The molecule has 2 heteroatoms. The van der Waals surface area contributed by atoms with Gasteiger partial charge in [0.25, 0.3) is 0 Å². The maximum absolute atomic E-state index is 5.61. The van der Waals surface area contributed by atoms with Crippen molar-refractivity contribution in [1.29, 1.82) is 0 Å². The molecule has 1 nitrogen and oxygen atoms in total. The van der Waals surface area contributed by atoms with Crippen LogP contribution < -0.4 is 0 Å². The fourth-order valence-electron chi connectivity index (χ4n) is 0.928. The molecule has 0 saturated carbocycles. The zero-order chi connectivity index (χ0) is 11.1. The molecule has 0 spiro atoms. The van der Waals surface area contributed by atoms with Gasteiger partial charge in [0, 0.05) is 0 Å². The summed E-state index contributed by atoms with van der Waals surface area (Å²) in [7, 11) is 0. The van der Waals surface area contributed by atoms with E-state index in [-0.39, 0.29) is 21.1 Å². The van der Waals surface area contributed by atoms with Crippen LogP contribution in [0.25, 0.3) is 5.57 Å². The number of allylic oxidation sites excluding steroid dienone is 1. The van der Waals surface area contributed by atoms with Gasteiger partial charge in [-0.25, -0.2) is 5.69 Å². The first-order chi connectivity index (χ1) is 6.61. The van der Waals surface area contributed by atoms with E-state index < -0.39 is 0 Å². The van der Waals surface area contributed by atoms with E-state index in [0.717, 1.165) is 17.0 Å². The summed E-state index contributed by atoms with van der Waals surface area (Å²) in [5.74, 6) is 0.442. The molecule has 0 bridgehead atoms. The van der Waals surface area contributed by atoms with E-state index in [1.807, 2.05) is 32.9 Å². The van der Waals surface area contributed by atoms with Crippen LogP contribution >= 0.6 is 0 Å². The van der Waals surface area contributed by atoms with Crippen molar-refractivity contribution < 1.29 is 21.1 Å². The van der Waals surface area contributed by atoms with E-state index >= 15 is 0 Å². The summed E-state index contributed by atoms with van der Waals surface area (Å²) in [6.07, 6.45) is 0. The third kappa shape index (κ3) is 5.89. The Morgan fingerprint density at radius 3 is 2.33 bits per heavy atom. The molecular weight excluding hydrogens is 354 g/mol. The molecule has 0 aliphatic carbocycles. The van der Waals surface area contributed by atoms with Crippen molar-refractivity contribution in [2.24, 2.45) is 0 Å². The molecule has 0 aliphatic rings. The van der Waals surface area contributed by atoms with Crippen LogP contribution in [0.15, 0.2) is 12.1 Å². The van der Waals surface area contributed by atoms with Gasteiger partial charge in [0.1, 0.15) is 0 Å². The molecule has 0 atom stereocenters. The number of hydrogen-bond acceptors (Lipinski definition) is 1. The van der Waals surface area contributed by atoms with Crippen molar-refractivity contribution in [2.75, 3.05) is 0 Å². The second kappa shape index (κ2) is 8.85. The normalized spacial score (nSPS) is 8.67. The zero-order valence-electron chi connectivity index (χ0n) is 10.2. The average Bonchev–Trinajstić information content (AvgIpc) is 2.21. The van der Waals surface area contributed by atoms with E-state index in [0.29, 0.717) is 5.92 Å². The van der Waals surface area contributed by atoms with Gasteiger partial charge >= 0.3 is 21.1 Å². The first-order valence-electron chi connectivity index (χ1n) is 5.09. The number of aromatic nitrogens is 1. The first kappa shape index (κ1) is 17.0. The first-order valence-corrected chi connectivity index (χ1v) is 5.09. The van der Waals surface area contributed by atoms with Crippen LogP contribution in [0.2, 0.25) is 0 Å². The third-order valence-electron chi connectivity index (χ3n) is 1.68. The molecule has 0 saturated heterocycles. The molecular formula is C13H19NW. The van der Waals surface area contributed by atoms with Gasteiger partial charge in [0.05, 0.1) is 0 Å². The van der Waals surface area contributed by atoms with Gasteiger partial charge in [-0.2, -0.15) is 6.07 Å². The Labute approximate surface area is 108 Å². The Morgan fingerprint density at radius 2 is 1.93 bits per heavy atom. The molecule has 0 aliphatic heterocycles. The second-order valence-electron chi connectivity index (χ2n) is 3.20. The van der Waals surface area contributed by atoms with Crippen LogP contribution in [0, 0.1) is 12.6 Å². The Balaban J connectivity index is 0. The topological polar surface area (TPSA) is 12.9 Å². The third-order valence-corrected chi connectivity index (χ3v) is 1.68. The molecule has 0 N–H and O–H groups in total. The molecule has 0 amide bonds. The predicted molar refractivity (Wildman–Crippen MR) is 61.9 cm³/mol. The van der Waals surface area contributed by atoms with Crippen molar-refractivity contribution in [2.45, 2.75) is 40.5 Å². The van der Waals surface area contributed by atoms with Crippen LogP contribution in [0.1, 0.15) is 51.9 Å². The van der Waals surface area contributed by atoms with Crippen molar-refractivity contribution in [1.82, 2.24) is 4.98 Å². The van der Waals surface area contributed by atoms with Gasteiger partial charge in [0.2, 0.25) is 0 Å². The summed E-state index contributed by atoms with van der Waals surface area (Å²) in [6.45, 7) is 15.7. The maximum Gasteiger partial charge on any atom is 2.00 e. The van der Waals surface area contributed by atoms with E-state index in [2.05, 4.69) is 24.9 Å². The van der Waals surface area contributed by atoms with Crippen molar-refractivity contribution in [3.05, 3.63) is 36.2 Å². The number of pyridine rings is 1. The van der Waals surface area contributed by atoms with Crippen LogP contribution in [0.4, 0.5) is 0 Å². The standard InChI is InChI=1S/C11H13N.C2H6.W/c1-8(2)10-6-5-7-11(12-10)9(3)4;1-2;/h1,5,7,9H,2-4H3;1-2H3;/q-2;;+2. The fraction of sp³-hybridized carbons (Fsp3) is 0.462. The largest absolute Gasteiger partial charge is 2.00 e. The molecule has 1 heterocycles. The van der Waals surface area contributed by atoms with Crippen molar-refractivity contribution in [3.8, 4) is 0 Å². The van der Waals surface area contributed by atoms with Gasteiger partial charge in [0.15, 0.2) is 0 Å². The maximum atomic E-state index is 5.61. The van der Waals surface area contributed by atoms with Crippen LogP contribution in [-0.4, -0.2) is 4.98 Å². The molecule has 0 aromatic carbocycles. The minimum Gasteiger partial charge on any atom is -0.386 e. The predicted octanol–water partition coefficient (Wildman–Crippen LogP) is 3.87. The molecule has 0 radical (unpaired) electrons. The zero-order valence-corrected chi connectivity index (χ0v) is 13.1. The molecule has 1 rings (SSSR count). The van der Waals surface area contributed by atoms with E-state index in [1.54, 1.807) is 0 Å². The van der Waals surface area contributed by atoms with Crippen LogP contribution in [0.3, 0.4) is 0 Å². The molecule has 1 aromatic heterocycles. The second-order valence-corrected chi connectivity index (χ2v) is 3.20.